The highest BCUT2D eigenvalue weighted by atomic mass is 32.2. The van der Waals surface area contributed by atoms with Gasteiger partial charge in [-0.15, -0.1) is 0 Å². The summed E-state index contributed by atoms with van der Waals surface area (Å²) in [7, 11) is 2.00. The molecule has 1 saturated heterocycles. The summed E-state index contributed by atoms with van der Waals surface area (Å²) in [5.41, 5.74) is 12.3. The fraction of sp³-hybridized carbons (Fsp3) is 0.300. The topological polar surface area (TPSA) is 82.5 Å². The minimum absolute atomic E-state index is 0.0235. The molecule has 1 aliphatic heterocycles. The molecule has 0 bridgehead atoms. The molecule has 4 aromatic rings. The SMILES string of the molecule is C[C@@H]1[C@H](CSc2nccn2C)O[C@H](c2ccc(-c3ccccc3CN)cc2)O[C@@H]1c1ccc(CO)cc1. The molecule has 1 aliphatic rings. The van der Waals surface area contributed by atoms with Crippen molar-refractivity contribution in [1.82, 2.24) is 9.55 Å². The van der Waals surface area contributed by atoms with Crippen LogP contribution in [-0.2, 0) is 29.7 Å². The zero-order chi connectivity index (χ0) is 25.8. The molecule has 0 unspecified atom stereocenters. The maximum absolute atomic E-state index is 9.48. The first-order chi connectivity index (χ1) is 18.1. The van der Waals surface area contributed by atoms with Crippen LogP contribution in [0.1, 0.15) is 41.6 Å². The molecule has 0 spiro atoms. The minimum atomic E-state index is -0.496. The monoisotopic (exact) mass is 515 g/mol. The Morgan fingerprint density at radius 3 is 2.38 bits per heavy atom. The van der Waals surface area contributed by atoms with Crippen molar-refractivity contribution in [1.29, 1.82) is 0 Å². The van der Waals surface area contributed by atoms with Crippen LogP contribution in [0.2, 0.25) is 0 Å². The van der Waals surface area contributed by atoms with Crippen molar-refractivity contribution in [3.05, 3.63) is 107 Å². The van der Waals surface area contributed by atoms with Gasteiger partial charge in [-0.1, -0.05) is 91.5 Å². The van der Waals surface area contributed by atoms with E-state index in [4.69, 9.17) is 15.2 Å². The largest absolute Gasteiger partial charge is 0.392 e. The molecule has 37 heavy (non-hydrogen) atoms. The highest BCUT2D eigenvalue weighted by Crippen LogP contribution is 2.43. The number of rotatable bonds is 8. The fourth-order valence-electron chi connectivity index (χ4n) is 4.76. The number of nitrogens with two attached hydrogens (primary N) is 1. The van der Waals surface area contributed by atoms with Crippen molar-refractivity contribution in [3.63, 3.8) is 0 Å². The number of imidazole rings is 1. The van der Waals surface area contributed by atoms with Crippen molar-refractivity contribution in [2.45, 2.75) is 43.7 Å². The third-order valence-corrected chi connectivity index (χ3v) is 8.15. The van der Waals surface area contributed by atoms with E-state index in [-0.39, 0.29) is 24.7 Å². The summed E-state index contributed by atoms with van der Waals surface area (Å²) in [6, 6.07) is 24.6. The molecule has 2 heterocycles. The van der Waals surface area contributed by atoms with Gasteiger partial charge in [-0.05, 0) is 27.8 Å². The van der Waals surface area contributed by atoms with Crippen molar-refractivity contribution in [3.8, 4) is 11.1 Å². The van der Waals surface area contributed by atoms with Crippen LogP contribution in [0.5, 0.6) is 0 Å². The molecule has 4 atom stereocenters. The first kappa shape index (κ1) is 25.7. The molecule has 7 heteroatoms. The molecule has 0 saturated carbocycles. The van der Waals surface area contributed by atoms with E-state index in [9.17, 15) is 5.11 Å². The lowest BCUT2D eigenvalue weighted by Crippen LogP contribution is -2.38. The molecule has 5 rings (SSSR count). The van der Waals surface area contributed by atoms with Gasteiger partial charge in [-0.2, -0.15) is 0 Å². The number of aryl methyl sites for hydroxylation is 1. The van der Waals surface area contributed by atoms with Crippen LogP contribution in [-0.4, -0.2) is 26.5 Å². The molecule has 192 valence electrons. The summed E-state index contributed by atoms with van der Waals surface area (Å²) in [6.07, 6.45) is 3.09. The molecule has 6 nitrogen and oxygen atoms in total. The zero-order valence-electron chi connectivity index (χ0n) is 21.2. The Balaban J connectivity index is 1.41. The number of nitrogens with zero attached hydrogens (tertiary/aromatic N) is 2. The van der Waals surface area contributed by atoms with Gasteiger partial charge in [0.15, 0.2) is 11.4 Å². The number of hydrogen-bond donors (Lipinski definition) is 2. The molecule has 0 amide bonds. The van der Waals surface area contributed by atoms with Gasteiger partial charge >= 0.3 is 0 Å². The lowest BCUT2D eigenvalue weighted by molar-refractivity contribution is -0.268. The lowest BCUT2D eigenvalue weighted by Gasteiger charge is -2.41. The third-order valence-electron chi connectivity index (χ3n) is 7.01. The summed E-state index contributed by atoms with van der Waals surface area (Å²) in [6.45, 7) is 2.70. The van der Waals surface area contributed by atoms with E-state index < -0.39 is 6.29 Å². The van der Waals surface area contributed by atoms with E-state index in [1.807, 2.05) is 60.4 Å². The van der Waals surface area contributed by atoms with E-state index in [1.165, 1.54) is 0 Å². The minimum Gasteiger partial charge on any atom is -0.392 e. The Morgan fingerprint density at radius 2 is 1.70 bits per heavy atom. The van der Waals surface area contributed by atoms with E-state index in [1.54, 1.807) is 11.8 Å². The first-order valence-corrected chi connectivity index (χ1v) is 13.5. The summed E-state index contributed by atoms with van der Waals surface area (Å²) < 4.78 is 15.2. The van der Waals surface area contributed by atoms with Crippen LogP contribution < -0.4 is 5.73 Å². The van der Waals surface area contributed by atoms with Gasteiger partial charge in [0.1, 0.15) is 0 Å². The fourth-order valence-corrected chi connectivity index (χ4v) is 5.85. The number of hydrogen-bond acceptors (Lipinski definition) is 6. The van der Waals surface area contributed by atoms with E-state index in [2.05, 4.69) is 48.3 Å². The average Bonchev–Trinajstić information content (AvgIpc) is 3.37. The van der Waals surface area contributed by atoms with Crippen LogP contribution in [0.15, 0.2) is 90.3 Å². The number of aliphatic hydroxyl groups is 1. The Hall–Kier alpha value is -2.94. The van der Waals surface area contributed by atoms with Crippen molar-refractivity contribution < 1.29 is 14.6 Å². The molecular formula is C30H33N3O3S. The quantitative estimate of drug-likeness (QED) is 0.296. The molecule has 0 radical (unpaired) electrons. The van der Waals surface area contributed by atoms with Crippen LogP contribution >= 0.6 is 11.8 Å². The molecule has 3 N–H and O–H groups in total. The van der Waals surface area contributed by atoms with Gasteiger partial charge in [0.25, 0.3) is 0 Å². The van der Waals surface area contributed by atoms with Gasteiger partial charge in [-0.25, -0.2) is 4.98 Å². The molecular weight excluding hydrogens is 482 g/mol. The maximum atomic E-state index is 9.48. The van der Waals surface area contributed by atoms with E-state index in [0.29, 0.717) is 6.54 Å². The Kier molecular flexibility index (Phi) is 8.08. The average molecular weight is 516 g/mol. The van der Waals surface area contributed by atoms with Crippen molar-refractivity contribution >= 4 is 11.8 Å². The van der Waals surface area contributed by atoms with E-state index >= 15 is 0 Å². The molecule has 1 fully saturated rings. The van der Waals surface area contributed by atoms with Crippen LogP contribution in [0, 0.1) is 5.92 Å². The lowest BCUT2D eigenvalue weighted by atomic mass is 9.91. The van der Waals surface area contributed by atoms with Crippen LogP contribution in [0.4, 0.5) is 0 Å². The van der Waals surface area contributed by atoms with Gasteiger partial charge < -0.3 is 24.9 Å². The number of thioether (sulfide) groups is 1. The number of aliphatic hydroxyl groups excluding tert-OH is 1. The standard InChI is InChI=1S/C30H33N3O3S/c1-20-27(19-37-30-32-15-16-33(30)2)35-29(36-28(20)23-9-7-21(18-34)8-10-23)24-13-11-22(12-14-24)26-6-4-3-5-25(26)17-31/h3-16,20,27-29,34H,17-19,31H2,1-2H3/t20-,27+,28+,29+/m1/s1. The van der Waals surface area contributed by atoms with Crippen molar-refractivity contribution in [2.24, 2.45) is 18.7 Å². The van der Waals surface area contributed by atoms with Crippen LogP contribution in [0.25, 0.3) is 11.1 Å². The summed E-state index contributed by atoms with van der Waals surface area (Å²) in [4.78, 5) is 4.46. The Labute approximate surface area is 222 Å². The summed E-state index contributed by atoms with van der Waals surface area (Å²) >= 11 is 1.69. The molecule has 0 aliphatic carbocycles. The number of benzene rings is 3. The second kappa shape index (κ2) is 11.6. The summed E-state index contributed by atoms with van der Waals surface area (Å²) in [5.74, 6) is 0.888. The first-order valence-electron chi connectivity index (χ1n) is 12.6. The number of ether oxygens (including phenoxy) is 2. The molecule has 1 aromatic heterocycles. The Bertz CT molecular complexity index is 1310. The maximum Gasteiger partial charge on any atom is 0.184 e. The van der Waals surface area contributed by atoms with Gasteiger partial charge in [0, 0.05) is 43.2 Å². The summed E-state index contributed by atoms with van der Waals surface area (Å²) in [5, 5.41) is 10.4. The van der Waals surface area contributed by atoms with Crippen LogP contribution in [0.3, 0.4) is 0 Å². The van der Waals surface area contributed by atoms with Crippen molar-refractivity contribution in [2.75, 3.05) is 5.75 Å². The predicted molar refractivity (Wildman–Crippen MR) is 147 cm³/mol. The Morgan fingerprint density at radius 1 is 0.973 bits per heavy atom. The normalized spacial score (nSPS) is 21.7. The van der Waals surface area contributed by atoms with Gasteiger partial charge in [0.2, 0.25) is 0 Å². The second-order valence-corrected chi connectivity index (χ2v) is 10.4. The van der Waals surface area contributed by atoms with E-state index in [0.717, 1.165) is 44.3 Å². The number of aromatic nitrogens is 2. The third kappa shape index (κ3) is 5.66. The highest BCUT2D eigenvalue weighted by molar-refractivity contribution is 7.99. The second-order valence-electron chi connectivity index (χ2n) is 9.44. The van der Waals surface area contributed by atoms with Gasteiger partial charge in [0.05, 0.1) is 18.8 Å². The molecule has 3 aromatic carbocycles. The predicted octanol–water partition coefficient (Wildman–Crippen LogP) is 5.62. The zero-order valence-corrected chi connectivity index (χ0v) is 22.0. The smallest absolute Gasteiger partial charge is 0.184 e. The van der Waals surface area contributed by atoms with Gasteiger partial charge in [-0.3, -0.25) is 0 Å². The highest BCUT2D eigenvalue weighted by Gasteiger charge is 2.38.